The fourth-order valence-corrected chi connectivity index (χ4v) is 3.08. The van der Waals surface area contributed by atoms with Crippen LogP contribution in [0.15, 0.2) is 48.5 Å². The molecule has 0 saturated carbocycles. The van der Waals surface area contributed by atoms with Crippen LogP contribution in [0.4, 0.5) is 22.0 Å². The highest BCUT2D eigenvalue weighted by atomic mass is 19.4. The highest BCUT2D eigenvalue weighted by Crippen LogP contribution is 2.41. The van der Waals surface area contributed by atoms with Gasteiger partial charge in [0.25, 0.3) is 5.91 Å². The molecule has 12 heteroatoms. The molecule has 1 amide bonds. The van der Waals surface area contributed by atoms with Crippen molar-refractivity contribution in [2.45, 2.75) is 18.8 Å². The van der Waals surface area contributed by atoms with Gasteiger partial charge in [0, 0.05) is 0 Å². The Morgan fingerprint density at radius 3 is 2.41 bits per heavy atom. The molecule has 1 aliphatic rings. The Kier molecular flexibility index (Phi) is 5.36. The topological polar surface area (TPSA) is 86.1 Å². The van der Waals surface area contributed by atoms with Crippen molar-refractivity contribution in [3.05, 3.63) is 77.1 Å². The number of nitrogens with one attached hydrogen (secondary N) is 1. The van der Waals surface area contributed by atoms with Crippen LogP contribution in [-0.2, 0) is 11.4 Å². The van der Waals surface area contributed by atoms with E-state index in [1.807, 2.05) is 5.32 Å². The summed E-state index contributed by atoms with van der Waals surface area (Å²) < 4.78 is 72.6. The molecule has 2 unspecified atom stereocenters. The molecule has 1 N–H and O–H groups in total. The Morgan fingerprint density at radius 2 is 1.78 bits per heavy atom. The van der Waals surface area contributed by atoms with Crippen molar-refractivity contribution in [2.24, 2.45) is 5.92 Å². The maximum atomic E-state index is 14.1. The zero-order chi connectivity index (χ0) is 23.0. The standard InChI is InChI=1S/C20H13F5N4O3/c21-11-7-5-10(6-8-11)9-32-19-27-16(15-14(17(30)26-15)20(23,24)25)28-29(19)18(31)12-3-1-2-4-13(12)22/h1-8,14-15H,9H2,(H,26,30). The Morgan fingerprint density at radius 1 is 1.09 bits per heavy atom. The van der Waals surface area contributed by atoms with Gasteiger partial charge in [-0.15, -0.1) is 9.78 Å². The molecular weight excluding hydrogens is 439 g/mol. The van der Waals surface area contributed by atoms with E-state index in [1.54, 1.807) is 0 Å². The van der Waals surface area contributed by atoms with Gasteiger partial charge in [-0.3, -0.25) is 9.59 Å². The van der Waals surface area contributed by atoms with Crippen LogP contribution in [0.3, 0.4) is 0 Å². The van der Waals surface area contributed by atoms with Crippen molar-refractivity contribution < 1.29 is 36.3 Å². The predicted molar refractivity (Wildman–Crippen MR) is 97.3 cm³/mol. The number of ether oxygens (including phenoxy) is 1. The van der Waals surface area contributed by atoms with E-state index in [4.69, 9.17) is 4.74 Å². The third kappa shape index (κ3) is 4.03. The molecule has 1 aromatic heterocycles. The van der Waals surface area contributed by atoms with E-state index in [0.717, 1.165) is 24.3 Å². The molecule has 0 spiro atoms. The van der Waals surface area contributed by atoms with Crippen LogP contribution in [-0.4, -0.2) is 32.8 Å². The molecule has 32 heavy (non-hydrogen) atoms. The molecule has 166 valence electrons. The van der Waals surface area contributed by atoms with E-state index in [0.29, 0.717) is 10.2 Å². The van der Waals surface area contributed by atoms with Gasteiger partial charge < -0.3 is 10.1 Å². The lowest BCUT2D eigenvalue weighted by Crippen LogP contribution is -2.58. The maximum absolute atomic E-state index is 14.1. The molecule has 7 nitrogen and oxygen atoms in total. The Bertz CT molecular complexity index is 1180. The van der Waals surface area contributed by atoms with E-state index in [9.17, 15) is 31.5 Å². The highest BCUT2D eigenvalue weighted by molar-refractivity contribution is 5.96. The zero-order valence-corrected chi connectivity index (χ0v) is 15.9. The molecule has 1 aliphatic heterocycles. The van der Waals surface area contributed by atoms with Crippen LogP contribution in [0.5, 0.6) is 6.01 Å². The number of carbonyl (C=O) groups excluding carboxylic acids is 2. The van der Waals surface area contributed by atoms with E-state index >= 15 is 0 Å². The summed E-state index contributed by atoms with van der Waals surface area (Å²) in [5.41, 5.74) is 0.0477. The SMILES string of the molecule is O=C1NC(c2nc(OCc3ccc(F)cc3)n(C(=O)c3ccccc3F)n2)C1C(F)(F)F. The fraction of sp³-hybridized carbons (Fsp3) is 0.200. The van der Waals surface area contributed by atoms with Gasteiger partial charge in [0.05, 0.1) is 5.56 Å². The second kappa shape index (κ2) is 8.02. The largest absolute Gasteiger partial charge is 0.458 e. The van der Waals surface area contributed by atoms with E-state index in [-0.39, 0.29) is 6.61 Å². The zero-order valence-electron chi connectivity index (χ0n) is 15.9. The first-order valence-corrected chi connectivity index (χ1v) is 9.15. The number of carbonyl (C=O) groups is 2. The quantitative estimate of drug-likeness (QED) is 0.475. The van der Waals surface area contributed by atoms with Gasteiger partial charge in [-0.2, -0.15) is 18.2 Å². The predicted octanol–water partition coefficient (Wildman–Crippen LogP) is 3.17. The third-order valence-electron chi connectivity index (χ3n) is 4.72. The van der Waals surface area contributed by atoms with Gasteiger partial charge in [0.15, 0.2) is 11.7 Å². The lowest BCUT2D eigenvalue weighted by atomic mass is 9.89. The van der Waals surface area contributed by atoms with Gasteiger partial charge in [-0.25, -0.2) is 8.78 Å². The number of alkyl halides is 3. The molecular formula is C20H13F5N4O3. The molecule has 1 fully saturated rings. The van der Waals surface area contributed by atoms with Crippen molar-refractivity contribution >= 4 is 11.8 Å². The number of β-lactam (4-membered cyclic amide) rings is 1. The van der Waals surface area contributed by atoms with Gasteiger partial charge in [0.2, 0.25) is 5.91 Å². The first-order chi connectivity index (χ1) is 15.1. The number of amides is 1. The van der Waals surface area contributed by atoms with Crippen LogP contribution in [0.2, 0.25) is 0 Å². The number of aromatic nitrogens is 3. The summed E-state index contributed by atoms with van der Waals surface area (Å²) in [4.78, 5) is 28.1. The van der Waals surface area contributed by atoms with Crippen LogP contribution in [0.1, 0.15) is 27.8 Å². The van der Waals surface area contributed by atoms with Crippen LogP contribution >= 0.6 is 0 Å². The first kappa shape index (κ1) is 21.4. The van der Waals surface area contributed by atoms with Gasteiger partial charge in [-0.1, -0.05) is 24.3 Å². The summed E-state index contributed by atoms with van der Waals surface area (Å²) in [6, 6.07) is 7.88. The van der Waals surface area contributed by atoms with E-state index in [2.05, 4.69) is 10.1 Å². The van der Waals surface area contributed by atoms with Crippen molar-refractivity contribution in [3.8, 4) is 6.01 Å². The first-order valence-electron chi connectivity index (χ1n) is 9.15. The minimum Gasteiger partial charge on any atom is -0.458 e. The monoisotopic (exact) mass is 452 g/mol. The average molecular weight is 452 g/mol. The number of benzene rings is 2. The molecule has 0 radical (unpaired) electrons. The minimum absolute atomic E-state index is 0.233. The molecule has 1 saturated heterocycles. The van der Waals surface area contributed by atoms with Crippen molar-refractivity contribution in [3.63, 3.8) is 0 Å². The van der Waals surface area contributed by atoms with Gasteiger partial charge in [-0.05, 0) is 29.8 Å². The second-order valence-electron chi connectivity index (χ2n) is 6.87. The summed E-state index contributed by atoms with van der Waals surface area (Å²) >= 11 is 0. The lowest BCUT2D eigenvalue weighted by molar-refractivity contribution is -0.205. The second-order valence-corrected chi connectivity index (χ2v) is 6.87. The molecule has 2 aromatic carbocycles. The summed E-state index contributed by atoms with van der Waals surface area (Å²) in [7, 11) is 0. The molecule has 2 heterocycles. The van der Waals surface area contributed by atoms with Gasteiger partial charge >= 0.3 is 12.2 Å². The number of hydrogen-bond acceptors (Lipinski definition) is 5. The number of halogens is 5. The third-order valence-corrected chi connectivity index (χ3v) is 4.72. The Hall–Kier alpha value is -3.83. The molecule has 0 bridgehead atoms. The van der Waals surface area contributed by atoms with E-state index in [1.165, 1.54) is 24.3 Å². The van der Waals surface area contributed by atoms with Crippen LogP contribution in [0.25, 0.3) is 0 Å². The maximum Gasteiger partial charge on any atom is 0.402 e. The minimum atomic E-state index is -4.86. The Balaban J connectivity index is 1.68. The number of rotatable bonds is 5. The summed E-state index contributed by atoms with van der Waals surface area (Å²) in [5.74, 6) is -6.59. The molecule has 3 aromatic rings. The summed E-state index contributed by atoms with van der Waals surface area (Å²) in [5, 5.41) is 5.81. The number of nitrogens with zero attached hydrogens (tertiary/aromatic N) is 3. The van der Waals surface area contributed by atoms with Crippen molar-refractivity contribution in [1.29, 1.82) is 0 Å². The van der Waals surface area contributed by atoms with Crippen molar-refractivity contribution in [1.82, 2.24) is 20.1 Å². The highest BCUT2D eigenvalue weighted by Gasteiger charge is 2.58. The van der Waals surface area contributed by atoms with E-state index < -0.39 is 59.0 Å². The normalized spacial score (nSPS) is 18.1. The number of hydrogen-bond donors (Lipinski definition) is 1. The van der Waals surface area contributed by atoms with Crippen LogP contribution in [0, 0.1) is 17.6 Å². The molecule has 2 atom stereocenters. The summed E-state index contributed by atoms with van der Waals surface area (Å²) in [6.07, 6.45) is -4.86. The molecule has 0 aliphatic carbocycles. The molecule has 4 rings (SSSR count). The van der Waals surface area contributed by atoms with Gasteiger partial charge in [0.1, 0.15) is 24.3 Å². The summed E-state index contributed by atoms with van der Waals surface area (Å²) in [6.45, 7) is -0.233. The Labute approximate surface area is 176 Å². The smallest absolute Gasteiger partial charge is 0.402 e. The van der Waals surface area contributed by atoms with Crippen molar-refractivity contribution in [2.75, 3.05) is 0 Å². The lowest BCUT2D eigenvalue weighted by Gasteiger charge is -2.35. The van der Waals surface area contributed by atoms with Crippen LogP contribution < -0.4 is 10.1 Å². The average Bonchev–Trinajstić information content (AvgIpc) is 3.13. The fourth-order valence-electron chi connectivity index (χ4n) is 3.08.